The SMILES string of the molecule is CC(C)CC(CNC(=O)OC(C)(C)C)NCC(C)(C)CO. The van der Waals surface area contributed by atoms with Crippen LogP contribution in [0.15, 0.2) is 0 Å². The minimum atomic E-state index is -0.482. The highest BCUT2D eigenvalue weighted by Gasteiger charge is 2.21. The van der Waals surface area contributed by atoms with Crippen LogP contribution in [-0.4, -0.2) is 42.5 Å². The van der Waals surface area contributed by atoms with E-state index in [1.54, 1.807) is 0 Å². The van der Waals surface area contributed by atoms with E-state index < -0.39 is 5.60 Å². The molecule has 1 amide bonds. The molecule has 0 radical (unpaired) electrons. The molecular formula is C16H34N2O3. The molecule has 0 aliphatic rings. The molecule has 21 heavy (non-hydrogen) atoms. The Kier molecular flexibility index (Phi) is 8.26. The van der Waals surface area contributed by atoms with Crippen LogP contribution in [0.2, 0.25) is 0 Å². The number of carbonyl (C=O) groups is 1. The smallest absolute Gasteiger partial charge is 0.407 e. The number of alkyl carbamates (subject to hydrolysis) is 1. The highest BCUT2D eigenvalue weighted by atomic mass is 16.6. The number of rotatable bonds is 8. The molecule has 0 rings (SSSR count). The molecule has 1 atom stereocenters. The lowest BCUT2D eigenvalue weighted by Crippen LogP contribution is -2.46. The fourth-order valence-corrected chi connectivity index (χ4v) is 1.81. The molecule has 0 aromatic rings. The Morgan fingerprint density at radius 2 is 1.76 bits per heavy atom. The summed E-state index contributed by atoms with van der Waals surface area (Å²) in [7, 11) is 0. The number of hydrogen-bond acceptors (Lipinski definition) is 4. The van der Waals surface area contributed by atoms with Crippen LogP contribution in [0.4, 0.5) is 4.79 Å². The largest absolute Gasteiger partial charge is 0.444 e. The summed E-state index contributed by atoms with van der Waals surface area (Å²) in [5.74, 6) is 0.528. The van der Waals surface area contributed by atoms with Gasteiger partial charge in [0.15, 0.2) is 0 Å². The Hall–Kier alpha value is -0.810. The molecule has 0 aromatic carbocycles. The van der Waals surface area contributed by atoms with Gasteiger partial charge in [-0.1, -0.05) is 27.7 Å². The molecule has 0 aliphatic carbocycles. The fourth-order valence-electron chi connectivity index (χ4n) is 1.81. The lowest BCUT2D eigenvalue weighted by Gasteiger charge is -2.28. The van der Waals surface area contributed by atoms with Crippen molar-refractivity contribution in [1.82, 2.24) is 10.6 Å². The zero-order valence-electron chi connectivity index (χ0n) is 14.7. The van der Waals surface area contributed by atoms with Gasteiger partial charge in [-0.25, -0.2) is 4.79 Å². The maximum Gasteiger partial charge on any atom is 0.407 e. The van der Waals surface area contributed by atoms with Crippen LogP contribution in [0, 0.1) is 11.3 Å². The van der Waals surface area contributed by atoms with Gasteiger partial charge in [0.05, 0.1) is 0 Å². The maximum atomic E-state index is 11.7. The third-order valence-corrected chi connectivity index (χ3v) is 2.94. The van der Waals surface area contributed by atoms with E-state index in [1.807, 2.05) is 34.6 Å². The first-order chi connectivity index (χ1) is 9.45. The maximum absolute atomic E-state index is 11.7. The number of aliphatic hydroxyl groups is 1. The molecule has 5 heteroatoms. The summed E-state index contributed by atoms with van der Waals surface area (Å²) in [6.45, 7) is 15.2. The van der Waals surface area contributed by atoms with Crippen molar-refractivity contribution in [3.63, 3.8) is 0 Å². The van der Waals surface area contributed by atoms with E-state index in [-0.39, 0.29) is 24.2 Å². The molecule has 3 N–H and O–H groups in total. The van der Waals surface area contributed by atoms with Crippen molar-refractivity contribution in [2.24, 2.45) is 11.3 Å². The molecule has 0 heterocycles. The summed E-state index contributed by atoms with van der Waals surface area (Å²) in [6, 6.07) is 0.170. The normalized spacial score (nSPS) is 14.1. The molecule has 126 valence electrons. The highest BCUT2D eigenvalue weighted by molar-refractivity contribution is 5.67. The van der Waals surface area contributed by atoms with Gasteiger partial charge in [-0.15, -0.1) is 0 Å². The van der Waals surface area contributed by atoms with Gasteiger partial charge in [0.1, 0.15) is 5.60 Å². The number of ether oxygens (including phenoxy) is 1. The molecule has 0 bridgehead atoms. The Balaban J connectivity index is 4.33. The van der Waals surface area contributed by atoms with E-state index in [0.717, 1.165) is 6.42 Å². The van der Waals surface area contributed by atoms with Crippen LogP contribution < -0.4 is 10.6 Å². The Labute approximate surface area is 129 Å². The first-order valence-corrected chi connectivity index (χ1v) is 7.76. The van der Waals surface area contributed by atoms with E-state index in [4.69, 9.17) is 4.74 Å². The zero-order chi connectivity index (χ0) is 16.7. The van der Waals surface area contributed by atoms with Crippen molar-refractivity contribution in [1.29, 1.82) is 0 Å². The van der Waals surface area contributed by atoms with E-state index in [0.29, 0.717) is 19.0 Å². The predicted molar refractivity (Wildman–Crippen MR) is 86.3 cm³/mol. The van der Waals surface area contributed by atoms with Crippen LogP contribution >= 0.6 is 0 Å². The third-order valence-electron chi connectivity index (χ3n) is 2.94. The van der Waals surface area contributed by atoms with Crippen molar-refractivity contribution in [3.8, 4) is 0 Å². The van der Waals surface area contributed by atoms with Gasteiger partial charge in [0.2, 0.25) is 0 Å². The second-order valence-electron chi connectivity index (χ2n) is 7.91. The molecule has 0 aromatic heterocycles. The summed E-state index contributed by atoms with van der Waals surface area (Å²) >= 11 is 0. The van der Waals surface area contributed by atoms with Crippen LogP contribution in [0.1, 0.15) is 54.9 Å². The van der Waals surface area contributed by atoms with Gasteiger partial charge < -0.3 is 20.5 Å². The quantitative estimate of drug-likeness (QED) is 0.644. The standard InChI is InChI=1S/C16H34N2O3/c1-12(2)8-13(18-10-16(6,7)11-19)9-17-14(20)21-15(3,4)5/h12-13,18-19H,8-11H2,1-7H3,(H,17,20). The Morgan fingerprint density at radius 1 is 1.19 bits per heavy atom. The van der Waals surface area contributed by atoms with Gasteiger partial charge in [-0.2, -0.15) is 0 Å². The Bertz CT molecular complexity index is 309. The summed E-state index contributed by atoms with van der Waals surface area (Å²) in [4.78, 5) is 11.7. The first kappa shape index (κ1) is 20.2. The first-order valence-electron chi connectivity index (χ1n) is 7.76. The molecule has 0 aliphatic heterocycles. The van der Waals surface area contributed by atoms with Crippen molar-refractivity contribution < 1.29 is 14.6 Å². The molecule has 1 unspecified atom stereocenters. The number of carbonyl (C=O) groups excluding carboxylic acids is 1. The monoisotopic (exact) mass is 302 g/mol. The minimum Gasteiger partial charge on any atom is -0.444 e. The van der Waals surface area contributed by atoms with Gasteiger partial charge >= 0.3 is 6.09 Å². The van der Waals surface area contributed by atoms with Crippen LogP contribution in [-0.2, 0) is 4.74 Å². The van der Waals surface area contributed by atoms with Crippen molar-refractivity contribution in [2.45, 2.75) is 66.5 Å². The second-order valence-corrected chi connectivity index (χ2v) is 7.91. The second kappa shape index (κ2) is 8.59. The van der Waals surface area contributed by atoms with Crippen molar-refractivity contribution in [3.05, 3.63) is 0 Å². The summed E-state index contributed by atoms with van der Waals surface area (Å²) in [5, 5.41) is 15.5. The fraction of sp³-hybridized carbons (Fsp3) is 0.938. The highest BCUT2D eigenvalue weighted by Crippen LogP contribution is 2.13. The third kappa shape index (κ3) is 11.5. The van der Waals surface area contributed by atoms with E-state index in [1.165, 1.54) is 0 Å². The summed E-state index contributed by atoms with van der Waals surface area (Å²) in [6.07, 6.45) is 0.566. The molecule has 0 fully saturated rings. The Morgan fingerprint density at radius 3 is 2.19 bits per heavy atom. The topological polar surface area (TPSA) is 70.6 Å². The zero-order valence-corrected chi connectivity index (χ0v) is 14.7. The average molecular weight is 302 g/mol. The van der Waals surface area contributed by atoms with E-state index in [2.05, 4.69) is 24.5 Å². The average Bonchev–Trinajstić information content (AvgIpc) is 2.30. The lowest BCUT2D eigenvalue weighted by atomic mass is 9.94. The van der Waals surface area contributed by atoms with Crippen LogP contribution in [0.5, 0.6) is 0 Å². The molecule has 5 nitrogen and oxygen atoms in total. The predicted octanol–water partition coefficient (Wildman–Crippen LogP) is 2.53. The molecular weight excluding hydrogens is 268 g/mol. The number of amides is 1. The van der Waals surface area contributed by atoms with Crippen molar-refractivity contribution >= 4 is 6.09 Å². The minimum absolute atomic E-state index is 0.133. The molecule has 0 spiro atoms. The van der Waals surface area contributed by atoms with Crippen LogP contribution in [0.25, 0.3) is 0 Å². The van der Waals surface area contributed by atoms with Gasteiger partial charge in [0, 0.05) is 31.2 Å². The van der Waals surface area contributed by atoms with Gasteiger partial charge in [0.25, 0.3) is 0 Å². The molecule has 0 saturated carbocycles. The molecule has 0 saturated heterocycles. The number of aliphatic hydroxyl groups excluding tert-OH is 1. The van der Waals surface area contributed by atoms with Crippen molar-refractivity contribution in [2.75, 3.05) is 19.7 Å². The summed E-state index contributed by atoms with van der Waals surface area (Å²) in [5.41, 5.74) is -0.648. The lowest BCUT2D eigenvalue weighted by molar-refractivity contribution is 0.0519. The van der Waals surface area contributed by atoms with Gasteiger partial charge in [-0.3, -0.25) is 0 Å². The van der Waals surface area contributed by atoms with E-state index >= 15 is 0 Å². The number of nitrogens with one attached hydrogen (secondary N) is 2. The van der Waals surface area contributed by atoms with E-state index in [9.17, 15) is 9.90 Å². The number of hydrogen-bond donors (Lipinski definition) is 3. The van der Waals surface area contributed by atoms with Gasteiger partial charge in [-0.05, 0) is 33.1 Å². The summed E-state index contributed by atoms with van der Waals surface area (Å²) < 4.78 is 5.24. The van der Waals surface area contributed by atoms with Crippen LogP contribution in [0.3, 0.4) is 0 Å².